The Morgan fingerprint density at radius 2 is 1.92 bits per heavy atom. The van der Waals surface area contributed by atoms with Crippen molar-refractivity contribution in [1.29, 1.82) is 0 Å². The van der Waals surface area contributed by atoms with Gasteiger partial charge in [0.1, 0.15) is 11.6 Å². The summed E-state index contributed by atoms with van der Waals surface area (Å²) < 4.78 is 11.0. The van der Waals surface area contributed by atoms with E-state index in [1.165, 1.54) is 0 Å². The standard InChI is InChI=1S/C20H30N2O4/c1-19(2,3)26-18(24)21-16(13-15-9-7-6-8-10-15)17(23)22-11-12-25-20(4,5)14-22/h6-10,16H,11-14H2,1-5H3,(H,21,24). The number of alkyl carbamates (subject to hydrolysis) is 1. The number of carbonyl (C=O) groups excluding carboxylic acids is 2. The predicted octanol–water partition coefficient (Wildman–Crippen LogP) is 2.76. The van der Waals surface area contributed by atoms with E-state index >= 15 is 0 Å². The number of benzene rings is 1. The number of hydrogen-bond donors (Lipinski definition) is 1. The highest BCUT2D eigenvalue weighted by Gasteiger charge is 2.34. The summed E-state index contributed by atoms with van der Waals surface area (Å²) in [5.41, 5.74) is -0.0304. The van der Waals surface area contributed by atoms with Crippen molar-refractivity contribution in [2.45, 2.75) is 58.3 Å². The molecule has 26 heavy (non-hydrogen) atoms. The Bertz CT molecular complexity index is 622. The molecule has 0 spiro atoms. The number of nitrogens with zero attached hydrogens (tertiary/aromatic N) is 1. The van der Waals surface area contributed by atoms with Crippen LogP contribution >= 0.6 is 0 Å². The van der Waals surface area contributed by atoms with E-state index in [4.69, 9.17) is 9.47 Å². The number of amides is 2. The summed E-state index contributed by atoms with van der Waals surface area (Å²) in [6.45, 7) is 10.8. The Labute approximate surface area is 155 Å². The molecule has 0 bridgehead atoms. The van der Waals surface area contributed by atoms with Crippen LogP contribution in [0.3, 0.4) is 0 Å². The van der Waals surface area contributed by atoms with E-state index in [9.17, 15) is 9.59 Å². The van der Waals surface area contributed by atoms with Crippen molar-refractivity contribution in [3.8, 4) is 0 Å². The molecule has 0 saturated carbocycles. The van der Waals surface area contributed by atoms with Crippen LogP contribution in [-0.4, -0.2) is 53.8 Å². The minimum Gasteiger partial charge on any atom is -0.444 e. The highest BCUT2D eigenvalue weighted by Crippen LogP contribution is 2.18. The quantitative estimate of drug-likeness (QED) is 0.894. The van der Waals surface area contributed by atoms with E-state index in [2.05, 4.69) is 5.32 Å². The molecule has 144 valence electrons. The van der Waals surface area contributed by atoms with Crippen molar-refractivity contribution in [2.24, 2.45) is 0 Å². The summed E-state index contributed by atoms with van der Waals surface area (Å²) >= 11 is 0. The Kier molecular flexibility index (Phi) is 6.29. The van der Waals surface area contributed by atoms with Gasteiger partial charge in [-0.15, -0.1) is 0 Å². The smallest absolute Gasteiger partial charge is 0.408 e. The third-order valence-electron chi connectivity index (χ3n) is 4.01. The maximum atomic E-state index is 13.1. The molecule has 1 aromatic rings. The second kappa shape index (κ2) is 8.08. The molecule has 1 heterocycles. The normalized spacial score (nSPS) is 18.1. The molecule has 1 aliphatic heterocycles. The molecule has 6 nitrogen and oxygen atoms in total. The van der Waals surface area contributed by atoms with Gasteiger partial charge in [-0.2, -0.15) is 0 Å². The fourth-order valence-electron chi connectivity index (χ4n) is 2.92. The summed E-state index contributed by atoms with van der Waals surface area (Å²) in [5, 5.41) is 2.75. The van der Waals surface area contributed by atoms with Crippen LogP contribution in [0.2, 0.25) is 0 Å². The fourth-order valence-corrected chi connectivity index (χ4v) is 2.92. The van der Waals surface area contributed by atoms with Crippen molar-refractivity contribution in [3.05, 3.63) is 35.9 Å². The van der Waals surface area contributed by atoms with Crippen molar-refractivity contribution in [2.75, 3.05) is 19.7 Å². The van der Waals surface area contributed by atoms with Gasteiger partial charge >= 0.3 is 6.09 Å². The molecule has 1 aromatic carbocycles. The van der Waals surface area contributed by atoms with Gasteiger partial charge in [0.25, 0.3) is 0 Å². The van der Waals surface area contributed by atoms with Gasteiger partial charge in [0.15, 0.2) is 0 Å². The molecule has 1 unspecified atom stereocenters. The first-order valence-corrected chi connectivity index (χ1v) is 9.02. The van der Waals surface area contributed by atoms with Crippen molar-refractivity contribution in [1.82, 2.24) is 10.2 Å². The molecule has 6 heteroatoms. The van der Waals surface area contributed by atoms with Crippen LogP contribution in [0.25, 0.3) is 0 Å². The third-order valence-corrected chi connectivity index (χ3v) is 4.01. The van der Waals surface area contributed by atoms with Gasteiger partial charge in [-0.1, -0.05) is 30.3 Å². The van der Waals surface area contributed by atoms with Crippen LogP contribution in [0.4, 0.5) is 4.79 Å². The van der Waals surface area contributed by atoms with Gasteiger partial charge in [0.2, 0.25) is 5.91 Å². The van der Waals surface area contributed by atoms with Gasteiger partial charge < -0.3 is 19.7 Å². The molecule has 0 aromatic heterocycles. The molecule has 1 saturated heterocycles. The average Bonchev–Trinajstić information content (AvgIpc) is 2.52. The second-order valence-corrected chi connectivity index (χ2v) is 8.26. The van der Waals surface area contributed by atoms with E-state index in [0.29, 0.717) is 26.1 Å². The van der Waals surface area contributed by atoms with Crippen LogP contribution in [0.5, 0.6) is 0 Å². The van der Waals surface area contributed by atoms with Crippen LogP contribution in [-0.2, 0) is 20.7 Å². The number of ether oxygens (including phenoxy) is 2. The van der Waals surface area contributed by atoms with Crippen LogP contribution in [0, 0.1) is 0 Å². The van der Waals surface area contributed by atoms with Gasteiger partial charge in [0.05, 0.1) is 12.2 Å². The zero-order valence-corrected chi connectivity index (χ0v) is 16.4. The van der Waals surface area contributed by atoms with Crippen molar-refractivity contribution >= 4 is 12.0 Å². The topological polar surface area (TPSA) is 67.9 Å². The van der Waals surface area contributed by atoms with Gasteiger partial charge in [-0.05, 0) is 40.2 Å². The van der Waals surface area contributed by atoms with E-state index in [1.54, 1.807) is 25.7 Å². The summed E-state index contributed by atoms with van der Waals surface area (Å²) in [6.07, 6.45) is -0.171. The first kappa shape index (κ1) is 20.2. The molecule has 1 atom stereocenters. The van der Waals surface area contributed by atoms with Crippen LogP contribution < -0.4 is 5.32 Å². The van der Waals surface area contributed by atoms with Gasteiger partial charge in [-0.25, -0.2) is 4.79 Å². The van der Waals surface area contributed by atoms with Crippen LogP contribution in [0.1, 0.15) is 40.2 Å². The van der Waals surface area contributed by atoms with E-state index in [1.807, 2.05) is 44.2 Å². The highest BCUT2D eigenvalue weighted by atomic mass is 16.6. The predicted molar refractivity (Wildman–Crippen MR) is 99.9 cm³/mol. The molecular weight excluding hydrogens is 332 g/mol. The Morgan fingerprint density at radius 3 is 2.50 bits per heavy atom. The summed E-state index contributed by atoms with van der Waals surface area (Å²) in [5.74, 6) is -0.115. The lowest BCUT2D eigenvalue weighted by Gasteiger charge is -2.39. The van der Waals surface area contributed by atoms with E-state index < -0.39 is 23.3 Å². The summed E-state index contributed by atoms with van der Waals surface area (Å²) in [7, 11) is 0. The molecule has 2 amide bonds. The fraction of sp³-hybridized carbons (Fsp3) is 0.600. The summed E-state index contributed by atoms with van der Waals surface area (Å²) in [6, 6.07) is 8.97. The largest absolute Gasteiger partial charge is 0.444 e. The molecule has 1 fully saturated rings. The minimum absolute atomic E-state index is 0.115. The Morgan fingerprint density at radius 1 is 1.27 bits per heavy atom. The minimum atomic E-state index is -0.679. The third kappa shape index (κ3) is 6.33. The SMILES string of the molecule is CC(C)(C)OC(=O)NC(Cc1ccccc1)C(=O)N1CCOC(C)(C)C1. The lowest BCUT2D eigenvalue weighted by Crippen LogP contribution is -2.57. The second-order valence-electron chi connectivity index (χ2n) is 8.26. The molecular formula is C20H30N2O4. The van der Waals surface area contributed by atoms with Crippen molar-refractivity contribution in [3.63, 3.8) is 0 Å². The van der Waals surface area contributed by atoms with Gasteiger partial charge in [-0.3, -0.25) is 4.79 Å². The monoisotopic (exact) mass is 362 g/mol. The number of carbonyl (C=O) groups is 2. The number of rotatable bonds is 4. The first-order chi connectivity index (χ1) is 12.1. The van der Waals surface area contributed by atoms with E-state index in [0.717, 1.165) is 5.56 Å². The lowest BCUT2D eigenvalue weighted by molar-refractivity contribution is -0.148. The Hall–Kier alpha value is -2.08. The van der Waals surface area contributed by atoms with Crippen molar-refractivity contribution < 1.29 is 19.1 Å². The molecule has 0 aliphatic carbocycles. The average molecular weight is 362 g/mol. The zero-order valence-electron chi connectivity index (χ0n) is 16.4. The van der Waals surface area contributed by atoms with Gasteiger partial charge in [0, 0.05) is 19.5 Å². The highest BCUT2D eigenvalue weighted by molar-refractivity contribution is 5.86. The Balaban J connectivity index is 2.13. The molecule has 1 aliphatic rings. The molecule has 0 radical (unpaired) electrons. The lowest BCUT2D eigenvalue weighted by atomic mass is 10.0. The first-order valence-electron chi connectivity index (χ1n) is 9.02. The number of nitrogens with one attached hydrogen (secondary N) is 1. The summed E-state index contributed by atoms with van der Waals surface area (Å²) in [4.78, 5) is 27.1. The maximum Gasteiger partial charge on any atom is 0.408 e. The molecule has 2 rings (SSSR count). The van der Waals surface area contributed by atoms with Crippen LogP contribution in [0.15, 0.2) is 30.3 Å². The number of morpholine rings is 1. The molecule has 1 N–H and O–H groups in total. The van der Waals surface area contributed by atoms with E-state index in [-0.39, 0.29) is 5.91 Å². The maximum absolute atomic E-state index is 13.1. The zero-order chi connectivity index (χ0) is 19.4. The number of hydrogen-bond acceptors (Lipinski definition) is 4.